The van der Waals surface area contributed by atoms with Crippen LogP contribution in [0.4, 0.5) is 5.69 Å². The van der Waals surface area contributed by atoms with Gasteiger partial charge in [-0.1, -0.05) is 18.2 Å². The molecule has 1 aromatic rings. The summed E-state index contributed by atoms with van der Waals surface area (Å²) in [4.78, 5) is 15.6. The Kier molecular flexibility index (Phi) is 2.39. The van der Waals surface area contributed by atoms with Crippen LogP contribution in [0.5, 0.6) is 0 Å². The van der Waals surface area contributed by atoms with E-state index in [-0.39, 0.29) is 11.9 Å². The molecule has 1 heterocycles. The van der Waals surface area contributed by atoms with Gasteiger partial charge in [0.1, 0.15) is 6.04 Å². The van der Waals surface area contributed by atoms with E-state index in [1.165, 1.54) is 11.3 Å². The Hall–Kier alpha value is -1.51. The molecule has 3 heteroatoms. The van der Waals surface area contributed by atoms with E-state index in [1.807, 2.05) is 19.2 Å². The average Bonchev–Trinajstić information content (AvgIpc) is 2.56. The van der Waals surface area contributed by atoms with Crippen LogP contribution < -0.4 is 4.90 Å². The summed E-state index contributed by atoms with van der Waals surface area (Å²) < 4.78 is 0. The molecule has 3 nitrogen and oxygen atoms in total. The Bertz CT molecular complexity index is 387. The molecule has 2 rings (SSSR count). The molecule has 0 bridgehead atoms. The molecular formula is C12H16N2O. The molecule has 1 aliphatic rings. The number of nitrogens with zero attached hydrogens (tertiary/aromatic N) is 2. The van der Waals surface area contributed by atoms with E-state index >= 15 is 0 Å². The first kappa shape index (κ1) is 10.0. The van der Waals surface area contributed by atoms with Crippen molar-refractivity contribution in [2.75, 3.05) is 26.0 Å². The number of anilines is 1. The summed E-state index contributed by atoms with van der Waals surface area (Å²) in [7, 11) is 5.59. The molecule has 0 unspecified atom stereocenters. The van der Waals surface area contributed by atoms with Crippen molar-refractivity contribution in [3.63, 3.8) is 0 Å². The number of benzene rings is 1. The molecule has 0 aliphatic carbocycles. The minimum Gasteiger partial charge on any atom is -0.362 e. The number of carbonyl (C=O) groups is 1. The fourth-order valence-electron chi connectivity index (χ4n) is 2.09. The van der Waals surface area contributed by atoms with Crippen LogP contribution in [0.1, 0.15) is 5.56 Å². The second-order valence-corrected chi connectivity index (χ2v) is 4.19. The number of amides is 1. The van der Waals surface area contributed by atoms with Gasteiger partial charge < -0.3 is 9.80 Å². The number of hydrogen-bond acceptors (Lipinski definition) is 2. The quantitative estimate of drug-likeness (QED) is 0.684. The third-order valence-corrected chi connectivity index (χ3v) is 2.98. The second-order valence-electron chi connectivity index (χ2n) is 4.19. The maximum absolute atomic E-state index is 11.9. The standard InChI is InChI=1S/C12H16N2O/c1-13(2)12(15)11-8-9-6-4-5-7-10(9)14(11)3/h4-7,11H,8H2,1-3H3/t11-/m0/s1. The van der Waals surface area contributed by atoms with Crippen molar-refractivity contribution in [2.45, 2.75) is 12.5 Å². The highest BCUT2D eigenvalue weighted by Crippen LogP contribution is 2.30. The van der Waals surface area contributed by atoms with Crippen LogP contribution in [0.3, 0.4) is 0 Å². The first-order valence-corrected chi connectivity index (χ1v) is 5.13. The van der Waals surface area contributed by atoms with E-state index < -0.39 is 0 Å². The summed E-state index contributed by atoms with van der Waals surface area (Å²) in [5, 5.41) is 0. The number of rotatable bonds is 1. The Labute approximate surface area is 90.3 Å². The average molecular weight is 204 g/mol. The van der Waals surface area contributed by atoms with Gasteiger partial charge in [0.25, 0.3) is 0 Å². The summed E-state index contributed by atoms with van der Waals surface area (Å²) in [6.07, 6.45) is 0.823. The normalized spacial score (nSPS) is 18.9. The maximum atomic E-state index is 11.9. The largest absolute Gasteiger partial charge is 0.362 e. The van der Waals surface area contributed by atoms with Crippen molar-refractivity contribution in [1.29, 1.82) is 0 Å². The lowest BCUT2D eigenvalue weighted by Crippen LogP contribution is -2.42. The Morgan fingerprint density at radius 3 is 2.67 bits per heavy atom. The summed E-state index contributed by atoms with van der Waals surface area (Å²) >= 11 is 0. The van der Waals surface area contributed by atoms with E-state index in [0.29, 0.717) is 0 Å². The molecule has 15 heavy (non-hydrogen) atoms. The van der Waals surface area contributed by atoms with Crippen LogP contribution >= 0.6 is 0 Å². The molecule has 0 saturated heterocycles. The molecule has 0 spiro atoms. The van der Waals surface area contributed by atoms with Gasteiger partial charge in [-0.3, -0.25) is 4.79 Å². The smallest absolute Gasteiger partial charge is 0.245 e. The monoisotopic (exact) mass is 204 g/mol. The summed E-state index contributed by atoms with van der Waals surface area (Å²) in [6.45, 7) is 0. The third-order valence-electron chi connectivity index (χ3n) is 2.98. The first-order chi connectivity index (χ1) is 7.11. The van der Waals surface area contributed by atoms with Gasteiger partial charge in [-0.15, -0.1) is 0 Å². The van der Waals surface area contributed by atoms with Crippen molar-refractivity contribution in [2.24, 2.45) is 0 Å². The number of hydrogen-bond donors (Lipinski definition) is 0. The molecule has 0 saturated carbocycles. The van der Waals surface area contributed by atoms with Crippen molar-refractivity contribution in [3.05, 3.63) is 29.8 Å². The predicted octanol–water partition coefficient (Wildman–Crippen LogP) is 1.14. The van der Waals surface area contributed by atoms with Gasteiger partial charge in [-0.25, -0.2) is 0 Å². The molecule has 0 aromatic heterocycles. The van der Waals surface area contributed by atoms with E-state index in [4.69, 9.17) is 0 Å². The molecule has 0 radical (unpaired) electrons. The van der Waals surface area contributed by atoms with Gasteiger partial charge in [0.2, 0.25) is 5.91 Å². The first-order valence-electron chi connectivity index (χ1n) is 5.13. The topological polar surface area (TPSA) is 23.6 Å². The van der Waals surface area contributed by atoms with Crippen LogP contribution in [0.25, 0.3) is 0 Å². The minimum atomic E-state index is -0.0302. The van der Waals surface area contributed by atoms with Crippen molar-refractivity contribution >= 4 is 11.6 Å². The molecule has 1 aromatic carbocycles. The molecule has 1 amide bonds. The molecule has 80 valence electrons. The van der Waals surface area contributed by atoms with E-state index in [9.17, 15) is 4.79 Å². The Balaban J connectivity index is 2.27. The lowest BCUT2D eigenvalue weighted by atomic mass is 10.1. The fraction of sp³-hybridized carbons (Fsp3) is 0.417. The SMILES string of the molecule is CN(C)C(=O)[C@@H]1Cc2ccccc2N1C. The van der Waals surface area contributed by atoms with E-state index in [1.54, 1.807) is 19.0 Å². The summed E-state index contributed by atoms with van der Waals surface area (Å²) in [5.41, 5.74) is 2.44. The lowest BCUT2D eigenvalue weighted by Gasteiger charge is -2.24. The van der Waals surface area contributed by atoms with Crippen LogP contribution in [-0.2, 0) is 11.2 Å². The van der Waals surface area contributed by atoms with Crippen LogP contribution in [0.2, 0.25) is 0 Å². The zero-order valence-corrected chi connectivity index (χ0v) is 9.40. The predicted molar refractivity (Wildman–Crippen MR) is 61.0 cm³/mol. The highest BCUT2D eigenvalue weighted by Gasteiger charge is 2.32. The van der Waals surface area contributed by atoms with Gasteiger partial charge >= 0.3 is 0 Å². The van der Waals surface area contributed by atoms with Gasteiger partial charge in [0.15, 0.2) is 0 Å². The van der Waals surface area contributed by atoms with Crippen LogP contribution in [0, 0.1) is 0 Å². The van der Waals surface area contributed by atoms with Crippen LogP contribution in [0.15, 0.2) is 24.3 Å². The van der Waals surface area contributed by atoms with Crippen molar-refractivity contribution in [1.82, 2.24) is 4.90 Å². The van der Waals surface area contributed by atoms with Crippen LogP contribution in [-0.4, -0.2) is 38.0 Å². The van der Waals surface area contributed by atoms with Gasteiger partial charge in [-0.2, -0.15) is 0 Å². The summed E-state index contributed by atoms with van der Waals surface area (Å²) in [6, 6.07) is 8.16. The number of para-hydroxylation sites is 1. The van der Waals surface area contributed by atoms with Gasteiger partial charge in [0.05, 0.1) is 0 Å². The number of likely N-dealkylation sites (N-methyl/N-ethyl adjacent to an activating group) is 2. The molecular weight excluding hydrogens is 188 g/mol. The Morgan fingerprint density at radius 2 is 2.07 bits per heavy atom. The fourth-order valence-corrected chi connectivity index (χ4v) is 2.09. The second kappa shape index (κ2) is 3.57. The lowest BCUT2D eigenvalue weighted by molar-refractivity contribution is -0.129. The van der Waals surface area contributed by atoms with E-state index in [0.717, 1.165) is 6.42 Å². The highest BCUT2D eigenvalue weighted by atomic mass is 16.2. The minimum absolute atomic E-state index is 0.0302. The molecule has 1 aliphatic heterocycles. The molecule has 0 fully saturated rings. The molecule has 1 atom stereocenters. The van der Waals surface area contributed by atoms with Gasteiger partial charge in [0, 0.05) is 33.3 Å². The summed E-state index contributed by atoms with van der Waals surface area (Å²) in [5.74, 6) is 0.175. The third kappa shape index (κ3) is 1.58. The Morgan fingerprint density at radius 1 is 1.40 bits per heavy atom. The maximum Gasteiger partial charge on any atom is 0.245 e. The van der Waals surface area contributed by atoms with Crippen molar-refractivity contribution < 1.29 is 4.79 Å². The number of fused-ring (bicyclic) bond motifs is 1. The number of carbonyl (C=O) groups excluding carboxylic acids is 1. The van der Waals surface area contributed by atoms with Crippen molar-refractivity contribution in [3.8, 4) is 0 Å². The van der Waals surface area contributed by atoms with E-state index in [2.05, 4.69) is 17.0 Å². The zero-order valence-electron chi connectivity index (χ0n) is 9.40. The zero-order chi connectivity index (χ0) is 11.0. The van der Waals surface area contributed by atoms with Gasteiger partial charge in [-0.05, 0) is 11.6 Å². The highest BCUT2D eigenvalue weighted by molar-refractivity contribution is 5.87. The molecule has 0 N–H and O–H groups in total.